The molecular weight excluding hydrogens is 1090 g/mol. The van der Waals surface area contributed by atoms with E-state index in [1.54, 1.807) is 0 Å². The third-order valence-electron chi connectivity index (χ3n) is 21.3. The first-order valence-corrected chi connectivity index (χ1v) is 37.8. The van der Waals surface area contributed by atoms with E-state index in [0.717, 1.165) is 110 Å². The first-order chi connectivity index (χ1) is 43.3. The molecule has 4 N–H and O–H groups in total. The smallest absolute Gasteiger partial charge is 0.423 e. The van der Waals surface area contributed by atoms with Crippen molar-refractivity contribution in [3.63, 3.8) is 0 Å². The average molecular weight is 1210 g/mol. The highest BCUT2D eigenvalue weighted by atomic mass is 16.6. The van der Waals surface area contributed by atoms with Crippen LogP contribution in [0, 0.1) is 0 Å². The van der Waals surface area contributed by atoms with Crippen molar-refractivity contribution in [2.75, 3.05) is 0 Å². The quantitative estimate of drug-likeness (QED) is 0.0218. The van der Waals surface area contributed by atoms with Crippen molar-refractivity contribution in [1.82, 2.24) is 20.6 Å². The van der Waals surface area contributed by atoms with Crippen LogP contribution in [0.3, 0.4) is 0 Å². The van der Waals surface area contributed by atoms with Gasteiger partial charge < -0.3 is 20.1 Å². The fourth-order valence-electron chi connectivity index (χ4n) is 16.1. The number of unbranched alkanes of at least 4 members (excludes halogenated alkanes) is 44. The molecule has 10 nitrogen and oxygen atoms in total. The summed E-state index contributed by atoms with van der Waals surface area (Å²) in [6.07, 6.45) is 65.3. The molecule has 0 saturated carbocycles. The highest BCUT2D eigenvalue weighted by Gasteiger charge is 2.50. The fourth-order valence-corrected chi connectivity index (χ4v) is 16.1. The van der Waals surface area contributed by atoms with Gasteiger partial charge in [-0.3, -0.25) is 0 Å². The van der Waals surface area contributed by atoms with Crippen LogP contribution in [-0.2, 0) is 10.8 Å². The van der Waals surface area contributed by atoms with E-state index in [2.05, 4.69) is 62.3 Å². The van der Waals surface area contributed by atoms with Crippen LogP contribution in [0.2, 0.25) is 0 Å². The third kappa shape index (κ3) is 20.2. The first kappa shape index (κ1) is 71.9. The molecule has 2 aliphatic rings. The lowest BCUT2D eigenvalue weighted by atomic mass is 9.67. The molecule has 2 aliphatic carbocycles. The van der Waals surface area contributed by atoms with Gasteiger partial charge in [0.05, 0.1) is 0 Å². The number of fused-ring (bicyclic) bond motifs is 10. The molecule has 0 aliphatic heterocycles. The minimum absolute atomic E-state index is 0.355. The van der Waals surface area contributed by atoms with Crippen molar-refractivity contribution < 1.29 is 29.4 Å². The van der Waals surface area contributed by atoms with Gasteiger partial charge in [-0.05, 0) is 81.5 Å². The molecule has 0 unspecified atom stereocenters. The molecule has 490 valence electrons. The lowest BCUT2D eigenvalue weighted by molar-refractivity contribution is 0.315. The minimum Gasteiger partial charge on any atom is -0.423 e. The molecule has 2 aromatic heterocycles. The van der Waals surface area contributed by atoms with Crippen molar-refractivity contribution in [1.29, 1.82) is 0 Å². The van der Waals surface area contributed by atoms with Crippen LogP contribution < -0.4 is 10.9 Å². The van der Waals surface area contributed by atoms with Crippen molar-refractivity contribution in [2.24, 2.45) is 0 Å². The molecule has 0 atom stereocenters. The maximum absolute atomic E-state index is 11.2. The number of nitrogens with zero attached hydrogens (tertiary/aromatic N) is 4. The van der Waals surface area contributed by atoms with Gasteiger partial charge in [0, 0.05) is 32.9 Å². The summed E-state index contributed by atoms with van der Waals surface area (Å²) in [5.41, 5.74) is 11.0. The SMILES string of the molecule is CCCCCCCCCCCCCCC1(CCCCCCCCCCCCCC)c2cc3c(cc2-c2c1cc(B(O)O)c1nonc21)C(CCCCCCCCCCCCCC)(CCCCCCCCCCCCCC)c1cc(B(O)O)c2nonc2c1-3. The maximum atomic E-state index is 11.2. The van der Waals surface area contributed by atoms with E-state index in [9.17, 15) is 20.1 Å². The summed E-state index contributed by atoms with van der Waals surface area (Å²) in [5, 5.41) is 63.0. The zero-order chi connectivity index (χ0) is 62.1. The number of rotatable bonds is 54. The van der Waals surface area contributed by atoms with Gasteiger partial charge in [-0.25, -0.2) is 9.26 Å². The molecule has 2 heterocycles. The molecule has 88 heavy (non-hydrogen) atoms. The highest BCUT2D eigenvalue weighted by Crippen LogP contribution is 2.62. The summed E-state index contributed by atoms with van der Waals surface area (Å²) in [6, 6.07) is 9.20. The van der Waals surface area contributed by atoms with Crippen LogP contribution in [0.15, 0.2) is 33.5 Å². The zero-order valence-electron chi connectivity index (χ0n) is 56.6. The molecule has 7 rings (SSSR count). The molecule has 0 radical (unpaired) electrons. The van der Waals surface area contributed by atoms with Gasteiger partial charge in [-0.1, -0.05) is 358 Å². The normalized spacial score (nSPS) is 13.7. The standard InChI is InChI=1S/C76H124B2N4O6/c1-5-9-13-17-21-25-29-33-37-41-45-49-53-75(54-50-46-42-38-34-30-26-22-18-14-10-6-2)63-57-62-64(58-61(63)69-65(75)59-67(77(83)84)71-73(69)81-87-79-71)76(55-51-47-43-39-35-31-27-23-19-15-11-7-3,56-52-48-44-40-36-32-28-24-20-16-12-8-4)66-60-68(78(85)86)72-74(70(62)66)82-88-80-72/h57-60,83-86H,5-56H2,1-4H3. The molecular formula is C76H124B2N4O6. The van der Waals surface area contributed by atoms with Crippen LogP contribution in [0.5, 0.6) is 0 Å². The van der Waals surface area contributed by atoms with Gasteiger partial charge in [0.15, 0.2) is 0 Å². The molecule has 0 bridgehead atoms. The second kappa shape index (κ2) is 40.4. The van der Waals surface area contributed by atoms with Gasteiger partial charge in [-0.2, -0.15) is 0 Å². The van der Waals surface area contributed by atoms with E-state index in [1.165, 1.54) is 268 Å². The summed E-state index contributed by atoms with van der Waals surface area (Å²) in [4.78, 5) is 0. The topological polar surface area (TPSA) is 159 Å². The molecule has 0 saturated heterocycles. The predicted octanol–water partition coefficient (Wildman–Crippen LogP) is 21.0. The Morgan fingerprint density at radius 1 is 0.273 bits per heavy atom. The predicted molar refractivity (Wildman–Crippen MR) is 372 cm³/mol. The largest absolute Gasteiger partial charge is 0.490 e. The van der Waals surface area contributed by atoms with Crippen molar-refractivity contribution in [3.05, 3.63) is 46.5 Å². The number of aromatic nitrogens is 4. The van der Waals surface area contributed by atoms with E-state index in [1.807, 2.05) is 0 Å². The minimum atomic E-state index is -1.74. The van der Waals surface area contributed by atoms with E-state index in [-0.39, 0.29) is 0 Å². The number of benzene rings is 3. The van der Waals surface area contributed by atoms with Crippen LogP contribution in [0.25, 0.3) is 44.3 Å². The van der Waals surface area contributed by atoms with Crippen molar-refractivity contribution in [3.8, 4) is 22.3 Å². The zero-order valence-corrected chi connectivity index (χ0v) is 56.6. The summed E-state index contributed by atoms with van der Waals surface area (Å²) < 4.78 is 11.3. The first-order valence-electron chi connectivity index (χ1n) is 37.8. The summed E-state index contributed by atoms with van der Waals surface area (Å²) >= 11 is 0. The average Bonchev–Trinajstić information content (AvgIpc) is 1.53. The summed E-state index contributed by atoms with van der Waals surface area (Å²) in [7, 11) is -3.47. The monoisotopic (exact) mass is 1210 g/mol. The van der Waals surface area contributed by atoms with Crippen molar-refractivity contribution >= 4 is 47.2 Å². The van der Waals surface area contributed by atoms with Gasteiger partial charge >= 0.3 is 14.2 Å². The second-order valence-electron chi connectivity index (χ2n) is 28.1. The van der Waals surface area contributed by atoms with E-state index in [0.29, 0.717) is 33.0 Å². The lowest BCUT2D eigenvalue weighted by Gasteiger charge is -2.35. The lowest BCUT2D eigenvalue weighted by Crippen LogP contribution is -2.34. The van der Waals surface area contributed by atoms with Crippen molar-refractivity contribution in [2.45, 2.75) is 372 Å². The molecule has 0 spiro atoms. The molecule has 0 amide bonds. The Labute approximate surface area is 535 Å². The fraction of sp³-hybridized carbons (Fsp3) is 0.763. The third-order valence-corrected chi connectivity index (χ3v) is 21.3. The van der Waals surface area contributed by atoms with Crippen LogP contribution in [0.4, 0.5) is 0 Å². The Morgan fingerprint density at radius 2 is 0.477 bits per heavy atom. The molecule has 5 aromatic rings. The Hall–Kier alpha value is -3.57. The number of hydrogen-bond acceptors (Lipinski definition) is 10. The Kier molecular flexibility index (Phi) is 33.0. The van der Waals surface area contributed by atoms with Gasteiger partial charge in [0.2, 0.25) is 0 Å². The Morgan fingerprint density at radius 3 is 0.693 bits per heavy atom. The van der Waals surface area contributed by atoms with Gasteiger partial charge in [-0.15, -0.1) is 0 Å². The van der Waals surface area contributed by atoms with E-state index < -0.39 is 25.1 Å². The van der Waals surface area contributed by atoms with E-state index in [4.69, 9.17) is 19.6 Å². The Balaban J connectivity index is 1.25. The van der Waals surface area contributed by atoms with Crippen LogP contribution in [-0.4, -0.2) is 55.0 Å². The second-order valence-corrected chi connectivity index (χ2v) is 28.1. The maximum Gasteiger partial charge on any atom is 0.490 e. The van der Waals surface area contributed by atoms with Crippen LogP contribution in [0.1, 0.15) is 384 Å². The summed E-state index contributed by atoms with van der Waals surface area (Å²) in [6.45, 7) is 9.17. The van der Waals surface area contributed by atoms with Crippen LogP contribution >= 0.6 is 0 Å². The highest BCUT2D eigenvalue weighted by molar-refractivity contribution is 6.62. The van der Waals surface area contributed by atoms with E-state index >= 15 is 0 Å². The summed E-state index contributed by atoms with van der Waals surface area (Å²) in [5.74, 6) is 0. The van der Waals surface area contributed by atoms with Gasteiger partial charge in [0.25, 0.3) is 0 Å². The van der Waals surface area contributed by atoms with Gasteiger partial charge in [0.1, 0.15) is 22.1 Å². The molecule has 12 heteroatoms. The number of hydrogen-bond donors (Lipinski definition) is 4. The molecule has 0 fully saturated rings. The Bertz CT molecular complexity index is 2460. The molecule has 3 aromatic carbocycles.